The van der Waals surface area contributed by atoms with Gasteiger partial charge >= 0.3 is 19.5 Å². The average molecular weight is 562 g/mol. The number of nitrogens with one attached hydrogen (secondary N) is 1. The third kappa shape index (κ3) is 9.31. The molecule has 0 spiro atoms. The van der Waals surface area contributed by atoms with Gasteiger partial charge in [0.1, 0.15) is 0 Å². The lowest BCUT2D eigenvalue weighted by molar-refractivity contribution is -0.168. The number of hydrogen-bond donors (Lipinski definition) is 1. The van der Waals surface area contributed by atoms with Crippen molar-refractivity contribution >= 4 is 25.4 Å². The Morgan fingerprint density at radius 1 is 0.795 bits per heavy atom. The van der Waals surface area contributed by atoms with Gasteiger partial charge in [0.2, 0.25) is 11.4 Å². The zero-order valence-electron chi connectivity index (χ0n) is 23.5. The molecule has 2 aromatic carbocycles. The molecule has 2 rings (SSSR count). The van der Waals surface area contributed by atoms with E-state index in [0.29, 0.717) is 37.8 Å². The van der Waals surface area contributed by atoms with Gasteiger partial charge in [0, 0.05) is 13.3 Å². The Bertz CT molecular complexity index is 1140. The molecule has 1 amide bonds. The molecule has 0 bridgehead atoms. The lowest BCUT2D eigenvalue weighted by Gasteiger charge is -2.30. The van der Waals surface area contributed by atoms with Crippen LogP contribution in [0.5, 0.6) is 0 Å². The summed E-state index contributed by atoms with van der Waals surface area (Å²) in [6.07, 6.45) is 1.53. The molecular formula is C29H40NO8P. The van der Waals surface area contributed by atoms with Crippen LogP contribution in [0.25, 0.3) is 11.1 Å². The molecule has 39 heavy (non-hydrogen) atoms. The molecule has 10 heteroatoms. The summed E-state index contributed by atoms with van der Waals surface area (Å²) in [5, 5.41) is 2.50. The number of ether oxygens (including phenoxy) is 2. The van der Waals surface area contributed by atoms with Gasteiger partial charge in [-0.3, -0.25) is 9.36 Å². The Morgan fingerprint density at radius 2 is 1.31 bits per heavy atom. The average Bonchev–Trinajstić information content (AvgIpc) is 2.89. The van der Waals surface area contributed by atoms with Crippen molar-refractivity contribution in [1.82, 2.24) is 5.32 Å². The fraction of sp³-hybridized carbons (Fsp3) is 0.483. The summed E-state index contributed by atoms with van der Waals surface area (Å²) >= 11 is 0. The Balaban J connectivity index is 2.31. The molecular weight excluding hydrogens is 521 g/mol. The minimum Gasteiger partial charge on any atom is -0.464 e. The molecule has 0 aliphatic rings. The number of esters is 2. The molecule has 0 saturated heterocycles. The predicted octanol–water partition coefficient (Wildman–Crippen LogP) is 5.10. The monoisotopic (exact) mass is 561 g/mol. The van der Waals surface area contributed by atoms with E-state index in [1.807, 2.05) is 42.5 Å². The summed E-state index contributed by atoms with van der Waals surface area (Å²) in [4.78, 5) is 38.1. The molecule has 214 valence electrons. The normalized spacial score (nSPS) is 11.6. The van der Waals surface area contributed by atoms with Crippen LogP contribution in [0, 0.1) is 0 Å². The molecule has 9 nitrogen and oxygen atoms in total. The van der Waals surface area contributed by atoms with E-state index in [9.17, 15) is 18.9 Å². The lowest BCUT2D eigenvalue weighted by atomic mass is 9.88. The van der Waals surface area contributed by atoms with Gasteiger partial charge in [0.05, 0.1) is 32.6 Å². The second-order valence-corrected chi connectivity index (χ2v) is 11.1. The number of carbonyl (C=O) groups excluding carboxylic acids is 3. The summed E-state index contributed by atoms with van der Waals surface area (Å²) in [6.45, 7) is 8.82. The lowest BCUT2D eigenvalue weighted by Crippen LogP contribution is -2.62. The molecule has 0 aliphatic heterocycles. The van der Waals surface area contributed by atoms with Crippen LogP contribution < -0.4 is 5.32 Å². The maximum atomic E-state index is 13.0. The van der Waals surface area contributed by atoms with E-state index in [-0.39, 0.29) is 19.6 Å². The van der Waals surface area contributed by atoms with Crippen molar-refractivity contribution < 1.29 is 37.5 Å². The number of carbonyl (C=O) groups is 3. The molecule has 2 aromatic rings. The first kappa shape index (κ1) is 32.2. The minimum absolute atomic E-state index is 0.0387. The van der Waals surface area contributed by atoms with Crippen LogP contribution in [0.15, 0.2) is 48.5 Å². The Kier molecular flexibility index (Phi) is 12.8. The highest BCUT2D eigenvalue weighted by Crippen LogP contribution is 2.48. The van der Waals surface area contributed by atoms with Crippen molar-refractivity contribution in [2.45, 2.75) is 59.4 Å². The summed E-state index contributed by atoms with van der Waals surface area (Å²) < 4.78 is 33.9. The van der Waals surface area contributed by atoms with E-state index in [1.165, 1.54) is 6.92 Å². The maximum absolute atomic E-state index is 13.0. The highest BCUT2D eigenvalue weighted by Gasteiger charge is 2.50. The van der Waals surface area contributed by atoms with Crippen LogP contribution in [-0.4, -0.2) is 56.0 Å². The minimum atomic E-state index is -3.10. The Labute approximate surface area is 231 Å². The van der Waals surface area contributed by atoms with Crippen molar-refractivity contribution in [1.29, 1.82) is 0 Å². The third-order valence-electron chi connectivity index (χ3n) is 5.84. The molecule has 0 heterocycles. The fourth-order valence-corrected chi connectivity index (χ4v) is 5.96. The summed E-state index contributed by atoms with van der Waals surface area (Å²) in [5.41, 5.74) is 1.50. The molecule has 0 radical (unpaired) electrons. The zero-order chi connectivity index (χ0) is 28.9. The quantitative estimate of drug-likeness (QED) is 0.171. The number of rotatable bonds is 16. The van der Waals surface area contributed by atoms with Crippen molar-refractivity contribution in [3.63, 3.8) is 0 Å². The van der Waals surface area contributed by atoms with E-state index in [4.69, 9.17) is 18.5 Å². The van der Waals surface area contributed by atoms with E-state index in [0.717, 1.165) is 16.7 Å². The Morgan fingerprint density at radius 3 is 1.79 bits per heavy atom. The Hall–Kier alpha value is -3.00. The first-order valence-corrected chi connectivity index (χ1v) is 15.0. The molecule has 0 aromatic heterocycles. The standard InChI is InChI=1S/C29H40NO8P/c1-6-35-27(32)29(30-22(5)31,28(33)36-7-2)21-24-14-11-17-26(20-24)25-16-10-13-23(19-25)15-12-18-39(34,37-8-3)38-9-4/h10-11,13-14,16-17,19-20H,6-9,12,15,18,21H2,1-5H3,(H,30,31). The second kappa shape index (κ2) is 15.6. The van der Waals surface area contributed by atoms with Crippen molar-refractivity contribution in [3.05, 3.63) is 59.7 Å². The van der Waals surface area contributed by atoms with Crippen LogP contribution in [0.4, 0.5) is 0 Å². The van der Waals surface area contributed by atoms with E-state index < -0.39 is 31.0 Å². The number of aryl methyl sites for hydroxylation is 1. The second-order valence-electron chi connectivity index (χ2n) is 8.88. The van der Waals surface area contributed by atoms with Crippen LogP contribution in [0.1, 0.15) is 52.2 Å². The molecule has 0 aliphatic carbocycles. The fourth-order valence-electron chi connectivity index (χ4n) is 4.29. The van der Waals surface area contributed by atoms with Crippen molar-refractivity contribution in [2.24, 2.45) is 0 Å². The topological polar surface area (TPSA) is 117 Å². The van der Waals surface area contributed by atoms with Crippen molar-refractivity contribution in [3.8, 4) is 11.1 Å². The maximum Gasteiger partial charge on any atom is 0.344 e. The SMILES string of the molecule is CCOC(=O)C(Cc1cccc(-c2cccc(CCCP(=O)(OCC)OCC)c2)c1)(NC(C)=O)C(=O)OCC. The van der Waals surface area contributed by atoms with Gasteiger partial charge in [-0.2, -0.15) is 0 Å². The summed E-state index contributed by atoms with van der Waals surface area (Å²) in [7, 11) is -3.10. The number of amides is 1. The third-order valence-corrected chi connectivity index (χ3v) is 8.01. The van der Waals surface area contributed by atoms with E-state index >= 15 is 0 Å². The van der Waals surface area contributed by atoms with Gasteiger partial charge in [-0.05, 0) is 62.8 Å². The van der Waals surface area contributed by atoms with Crippen molar-refractivity contribution in [2.75, 3.05) is 32.6 Å². The number of hydrogen-bond acceptors (Lipinski definition) is 8. The first-order valence-electron chi connectivity index (χ1n) is 13.3. The van der Waals surface area contributed by atoms with Gasteiger partial charge < -0.3 is 23.8 Å². The molecule has 0 unspecified atom stereocenters. The van der Waals surface area contributed by atoms with Gasteiger partial charge in [-0.25, -0.2) is 9.59 Å². The molecule has 0 atom stereocenters. The summed E-state index contributed by atoms with van der Waals surface area (Å²) in [5.74, 6) is -2.30. The van der Waals surface area contributed by atoms with Gasteiger partial charge in [0.25, 0.3) is 0 Å². The van der Waals surface area contributed by atoms with E-state index in [2.05, 4.69) is 5.32 Å². The van der Waals surface area contributed by atoms with Gasteiger partial charge in [-0.1, -0.05) is 48.5 Å². The zero-order valence-corrected chi connectivity index (χ0v) is 24.4. The molecule has 0 saturated carbocycles. The number of benzene rings is 2. The molecule has 1 N–H and O–H groups in total. The highest BCUT2D eigenvalue weighted by molar-refractivity contribution is 7.53. The molecule has 0 fully saturated rings. The first-order chi connectivity index (χ1) is 18.6. The van der Waals surface area contributed by atoms with Gasteiger partial charge in [0.15, 0.2) is 0 Å². The van der Waals surface area contributed by atoms with Crippen LogP contribution in [-0.2, 0) is 50.3 Å². The predicted molar refractivity (Wildman–Crippen MR) is 149 cm³/mol. The van der Waals surface area contributed by atoms with Crippen LogP contribution >= 0.6 is 7.60 Å². The van der Waals surface area contributed by atoms with Gasteiger partial charge in [-0.15, -0.1) is 0 Å². The smallest absolute Gasteiger partial charge is 0.344 e. The largest absolute Gasteiger partial charge is 0.464 e. The van der Waals surface area contributed by atoms with E-state index in [1.54, 1.807) is 33.8 Å². The summed E-state index contributed by atoms with van der Waals surface area (Å²) in [6, 6.07) is 15.4. The highest BCUT2D eigenvalue weighted by atomic mass is 31.2. The van der Waals surface area contributed by atoms with Crippen LogP contribution in [0.3, 0.4) is 0 Å². The van der Waals surface area contributed by atoms with Crippen LogP contribution in [0.2, 0.25) is 0 Å².